The molecule has 0 bridgehead atoms. The SMILES string of the molecule is COc1ccc(CCn2c(O)c(C=NCCC3=CCCCC3)c(=O)[nH]c2=O)cc1OC. The van der Waals surface area contributed by atoms with Crippen molar-refractivity contribution in [1.82, 2.24) is 9.55 Å². The van der Waals surface area contributed by atoms with Gasteiger partial charge in [0.05, 0.1) is 14.2 Å². The van der Waals surface area contributed by atoms with Crippen LogP contribution in [0.2, 0.25) is 0 Å². The van der Waals surface area contributed by atoms with E-state index in [9.17, 15) is 14.7 Å². The number of aromatic hydroxyl groups is 1. The Bertz CT molecular complexity index is 1080. The minimum Gasteiger partial charge on any atom is -0.494 e. The van der Waals surface area contributed by atoms with Crippen LogP contribution in [0.25, 0.3) is 0 Å². The Morgan fingerprint density at radius 2 is 1.97 bits per heavy atom. The summed E-state index contributed by atoms with van der Waals surface area (Å²) in [4.78, 5) is 31.0. The molecule has 0 amide bonds. The van der Waals surface area contributed by atoms with Crippen LogP contribution in [0.1, 0.15) is 43.2 Å². The molecule has 3 rings (SSSR count). The summed E-state index contributed by atoms with van der Waals surface area (Å²) in [7, 11) is 3.11. The lowest BCUT2D eigenvalue weighted by molar-refractivity contribution is 0.354. The quantitative estimate of drug-likeness (QED) is 0.473. The molecule has 0 unspecified atom stereocenters. The number of aromatic amines is 1. The average molecular weight is 428 g/mol. The second kappa shape index (κ2) is 10.7. The zero-order valence-corrected chi connectivity index (χ0v) is 18.0. The number of rotatable bonds is 9. The first kappa shape index (κ1) is 22.4. The highest BCUT2D eigenvalue weighted by atomic mass is 16.5. The number of aryl methyl sites for hydroxylation is 1. The predicted octanol–water partition coefficient (Wildman–Crippen LogP) is 2.81. The lowest BCUT2D eigenvalue weighted by atomic mass is 9.97. The van der Waals surface area contributed by atoms with Gasteiger partial charge in [0, 0.05) is 19.3 Å². The number of allylic oxidation sites excluding steroid dienone is 1. The second-order valence-electron chi connectivity index (χ2n) is 7.48. The van der Waals surface area contributed by atoms with Gasteiger partial charge >= 0.3 is 5.69 Å². The van der Waals surface area contributed by atoms with Crippen LogP contribution in [0.15, 0.2) is 44.4 Å². The molecule has 8 heteroatoms. The minimum atomic E-state index is -0.660. The van der Waals surface area contributed by atoms with E-state index in [0.717, 1.165) is 29.4 Å². The van der Waals surface area contributed by atoms with Crippen LogP contribution in [0.3, 0.4) is 0 Å². The summed E-state index contributed by atoms with van der Waals surface area (Å²) < 4.78 is 11.7. The molecule has 166 valence electrons. The van der Waals surface area contributed by atoms with Crippen LogP contribution in [0.5, 0.6) is 17.4 Å². The van der Waals surface area contributed by atoms with Crippen molar-refractivity contribution in [3.8, 4) is 17.4 Å². The van der Waals surface area contributed by atoms with E-state index >= 15 is 0 Å². The number of nitrogens with zero attached hydrogens (tertiary/aromatic N) is 2. The van der Waals surface area contributed by atoms with Crippen molar-refractivity contribution in [1.29, 1.82) is 0 Å². The molecule has 0 radical (unpaired) electrons. The van der Waals surface area contributed by atoms with Crippen molar-refractivity contribution in [2.45, 2.75) is 45.1 Å². The van der Waals surface area contributed by atoms with Crippen LogP contribution >= 0.6 is 0 Å². The maximum Gasteiger partial charge on any atom is 0.331 e. The lowest BCUT2D eigenvalue weighted by Gasteiger charge is -2.12. The summed E-state index contributed by atoms with van der Waals surface area (Å²) in [6, 6.07) is 5.45. The van der Waals surface area contributed by atoms with Gasteiger partial charge in [0.2, 0.25) is 5.88 Å². The van der Waals surface area contributed by atoms with Crippen molar-refractivity contribution >= 4 is 6.21 Å². The maximum absolute atomic E-state index is 12.2. The molecule has 1 heterocycles. The Balaban J connectivity index is 1.72. The molecule has 1 aliphatic carbocycles. The van der Waals surface area contributed by atoms with E-state index in [1.54, 1.807) is 20.3 Å². The van der Waals surface area contributed by atoms with Crippen LogP contribution in [0.4, 0.5) is 0 Å². The highest BCUT2D eigenvalue weighted by Gasteiger charge is 2.13. The summed E-state index contributed by atoms with van der Waals surface area (Å²) in [5, 5.41) is 10.6. The zero-order valence-electron chi connectivity index (χ0n) is 18.0. The summed E-state index contributed by atoms with van der Waals surface area (Å²) in [5.41, 5.74) is 0.968. The number of nitrogens with one attached hydrogen (secondary N) is 1. The molecule has 2 N–H and O–H groups in total. The van der Waals surface area contributed by atoms with Gasteiger partial charge in [-0.15, -0.1) is 0 Å². The number of benzene rings is 1. The van der Waals surface area contributed by atoms with Gasteiger partial charge < -0.3 is 14.6 Å². The van der Waals surface area contributed by atoms with Crippen molar-refractivity contribution in [3.63, 3.8) is 0 Å². The molecule has 0 spiro atoms. The van der Waals surface area contributed by atoms with E-state index in [1.165, 1.54) is 24.6 Å². The van der Waals surface area contributed by atoms with E-state index in [2.05, 4.69) is 16.1 Å². The van der Waals surface area contributed by atoms with E-state index in [0.29, 0.717) is 24.5 Å². The number of ether oxygens (including phenoxy) is 2. The fourth-order valence-electron chi connectivity index (χ4n) is 3.67. The smallest absolute Gasteiger partial charge is 0.331 e. The normalized spacial score (nSPS) is 13.9. The zero-order chi connectivity index (χ0) is 22.2. The van der Waals surface area contributed by atoms with Gasteiger partial charge in [-0.1, -0.05) is 17.7 Å². The van der Waals surface area contributed by atoms with Gasteiger partial charge in [-0.2, -0.15) is 0 Å². The first-order chi connectivity index (χ1) is 15.0. The van der Waals surface area contributed by atoms with E-state index in [1.807, 2.05) is 12.1 Å². The molecule has 2 aromatic rings. The predicted molar refractivity (Wildman–Crippen MR) is 120 cm³/mol. The van der Waals surface area contributed by atoms with E-state index in [4.69, 9.17) is 9.47 Å². The monoisotopic (exact) mass is 427 g/mol. The largest absolute Gasteiger partial charge is 0.494 e. The van der Waals surface area contributed by atoms with Gasteiger partial charge in [0.15, 0.2) is 11.5 Å². The van der Waals surface area contributed by atoms with Gasteiger partial charge in [0.1, 0.15) is 5.56 Å². The number of hydrogen-bond donors (Lipinski definition) is 2. The van der Waals surface area contributed by atoms with Gasteiger partial charge in [-0.25, -0.2) is 4.79 Å². The highest BCUT2D eigenvalue weighted by molar-refractivity contribution is 5.81. The highest BCUT2D eigenvalue weighted by Crippen LogP contribution is 2.28. The number of methoxy groups -OCH3 is 2. The van der Waals surface area contributed by atoms with Crippen molar-refractivity contribution < 1.29 is 14.6 Å². The second-order valence-corrected chi connectivity index (χ2v) is 7.48. The Kier molecular flexibility index (Phi) is 7.70. The van der Waals surface area contributed by atoms with Crippen molar-refractivity contribution in [2.75, 3.05) is 20.8 Å². The Morgan fingerprint density at radius 3 is 2.68 bits per heavy atom. The Morgan fingerprint density at radius 1 is 1.16 bits per heavy atom. The molecule has 0 atom stereocenters. The lowest BCUT2D eigenvalue weighted by Crippen LogP contribution is -2.32. The summed E-state index contributed by atoms with van der Waals surface area (Å²) >= 11 is 0. The fraction of sp³-hybridized carbons (Fsp3) is 0.435. The third kappa shape index (κ3) is 5.65. The molecule has 0 aliphatic heterocycles. The van der Waals surface area contributed by atoms with Crippen molar-refractivity contribution in [2.24, 2.45) is 4.99 Å². The average Bonchev–Trinajstić information content (AvgIpc) is 2.78. The van der Waals surface area contributed by atoms with E-state index in [-0.39, 0.29) is 18.0 Å². The Hall–Kier alpha value is -3.29. The topological polar surface area (TPSA) is 106 Å². The van der Waals surface area contributed by atoms with Crippen molar-refractivity contribution in [3.05, 3.63) is 61.8 Å². The number of H-pyrrole nitrogens is 1. The van der Waals surface area contributed by atoms with Crippen LogP contribution < -0.4 is 20.7 Å². The van der Waals surface area contributed by atoms with Crippen LogP contribution in [0, 0.1) is 0 Å². The van der Waals surface area contributed by atoms with Crippen LogP contribution in [-0.2, 0) is 13.0 Å². The number of aromatic nitrogens is 2. The molecular formula is C23H29N3O5. The van der Waals surface area contributed by atoms with Crippen LogP contribution in [-0.4, -0.2) is 41.6 Å². The maximum atomic E-state index is 12.2. The van der Waals surface area contributed by atoms with E-state index < -0.39 is 11.2 Å². The number of hydrogen-bond acceptors (Lipinski definition) is 6. The number of aliphatic imine (C=N–C) groups is 1. The Labute approximate surface area is 180 Å². The summed E-state index contributed by atoms with van der Waals surface area (Å²) in [6.45, 7) is 0.722. The molecule has 1 aromatic carbocycles. The molecule has 0 saturated carbocycles. The standard InChI is InChI=1S/C23H29N3O5/c1-30-19-9-8-17(14-20(19)31-2)11-13-26-22(28)18(21(27)25-23(26)29)15-24-12-10-16-6-4-3-5-7-16/h6,8-9,14-15,28H,3-5,7,10-13H2,1-2H3,(H,25,27,29). The first-order valence-electron chi connectivity index (χ1n) is 10.5. The first-order valence-corrected chi connectivity index (χ1v) is 10.5. The molecule has 1 aliphatic rings. The minimum absolute atomic E-state index is 0.00969. The van der Waals surface area contributed by atoms with Gasteiger partial charge in [-0.05, 0) is 56.2 Å². The van der Waals surface area contributed by atoms with Gasteiger partial charge in [0.25, 0.3) is 5.56 Å². The summed E-state index contributed by atoms with van der Waals surface area (Å²) in [5.74, 6) is 0.812. The molecule has 0 saturated heterocycles. The molecule has 1 aromatic heterocycles. The molecule has 31 heavy (non-hydrogen) atoms. The van der Waals surface area contributed by atoms with Gasteiger partial charge in [-0.3, -0.25) is 19.3 Å². The fourth-order valence-corrected chi connectivity index (χ4v) is 3.67. The third-order valence-corrected chi connectivity index (χ3v) is 5.45. The molecule has 0 fully saturated rings. The molecule has 8 nitrogen and oxygen atoms in total. The molecular weight excluding hydrogens is 398 g/mol. The summed E-state index contributed by atoms with van der Waals surface area (Å²) in [6.07, 6.45) is 9.56. The third-order valence-electron chi connectivity index (χ3n) is 5.45.